The molecular weight excluding hydrogens is 146 g/mol. The second kappa shape index (κ2) is 5.02. The molecule has 0 saturated heterocycles. The van der Waals surface area contributed by atoms with Crippen molar-refractivity contribution in [2.45, 2.75) is 33.2 Å². The number of hydrogen-bond acceptors (Lipinski definition) is 1. The third-order valence-corrected chi connectivity index (χ3v) is 2.23. The summed E-state index contributed by atoms with van der Waals surface area (Å²) in [6.07, 6.45) is 2.98. The molecule has 12 heavy (non-hydrogen) atoms. The molecule has 0 bridgehead atoms. The number of hydrogen-bond donors (Lipinski definition) is 0. The predicted molar refractivity (Wildman–Crippen MR) is 56.0 cm³/mol. The van der Waals surface area contributed by atoms with Crippen molar-refractivity contribution in [1.82, 2.24) is 4.90 Å². The first kappa shape index (κ1) is 11.3. The lowest BCUT2D eigenvalue weighted by molar-refractivity contribution is 0.326. The molecule has 0 aliphatic rings. The van der Waals surface area contributed by atoms with Gasteiger partial charge < -0.3 is 4.90 Å². The minimum atomic E-state index is 0.527. The summed E-state index contributed by atoms with van der Waals surface area (Å²) in [6.45, 7) is 14.3. The lowest BCUT2D eigenvalue weighted by Crippen LogP contribution is -2.25. The highest BCUT2D eigenvalue weighted by molar-refractivity contribution is 4.97. The van der Waals surface area contributed by atoms with E-state index >= 15 is 0 Å². The van der Waals surface area contributed by atoms with Crippen molar-refractivity contribution in [2.75, 3.05) is 7.05 Å². The quantitative estimate of drug-likeness (QED) is 0.569. The van der Waals surface area contributed by atoms with Gasteiger partial charge in [0.2, 0.25) is 0 Å². The van der Waals surface area contributed by atoms with Crippen LogP contribution in [0.15, 0.2) is 24.9 Å². The Morgan fingerprint density at radius 3 is 2.25 bits per heavy atom. The molecule has 70 valence electrons. The standard InChI is InChI=1S/C11H21N/c1-7-10(4)8-11(5)12(6)9(2)3/h7,9-10H,1,5,8H2,2-4,6H3. The van der Waals surface area contributed by atoms with Crippen LogP contribution in [0.4, 0.5) is 0 Å². The summed E-state index contributed by atoms with van der Waals surface area (Å²) in [5, 5.41) is 0. The summed E-state index contributed by atoms with van der Waals surface area (Å²) in [5.41, 5.74) is 1.19. The van der Waals surface area contributed by atoms with E-state index in [-0.39, 0.29) is 0 Å². The Morgan fingerprint density at radius 2 is 1.92 bits per heavy atom. The number of rotatable bonds is 5. The van der Waals surface area contributed by atoms with Gasteiger partial charge in [-0.25, -0.2) is 0 Å². The largest absolute Gasteiger partial charge is 0.376 e. The van der Waals surface area contributed by atoms with Gasteiger partial charge in [0.25, 0.3) is 0 Å². The SMILES string of the molecule is C=CC(C)CC(=C)N(C)C(C)C. The topological polar surface area (TPSA) is 3.24 Å². The van der Waals surface area contributed by atoms with Gasteiger partial charge in [-0.05, 0) is 26.2 Å². The molecule has 0 heterocycles. The third kappa shape index (κ3) is 3.61. The zero-order valence-electron chi connectivity index (χ0n) is 8.80. The van der Waals surface area contributed by atoms with Gasteiger partial charge >= 0.3 is 0 Å². The average Bonchev–Trinajstić information content (AvgIpc) is 2.02. The third-order valence-electron chi connectivity index (χ3n) is 2.23. The molecular formula is C11H21N. The van der Waals surface area contributed by atoms with Gasteiger partial charge in [-0.1, -0.05) is 19.6 Å². The van der Waals surface area contributed by atoms with Crippen LogP contribution in [-0.2, 0) is 0 Å². The summed E-state index contributed by atoms with van der Waals surface area (Å²) in [5.74, 6) is 0.527. The van der Waals surface area contributed by atoms with Gasteiger partial charge in [-0.2, -0.15) is 0 Å². The van der Waals surface area contributed by atoms with E-state index < -0.39 is 0 Å². The summed E-state index contributed by atoms with van der Waals surface area (Å²) in [4.78, 5) is 2.21. The van der Waals surface area contributed by atoms with E-state index in [0.29, 0.717) is 12.0 Å². The molecule has 1 heteroatoms. The molecule has 0 amide bonds. The Morgan fingerprint density at radius 1 is 1.42 bits per heavy atom. The summed E-state index contributed by atoms with van der Waals surface area (Å²) < 4.78 is 0. The molecule has 0 aromatic carbocycles. The van der Waals surface area contributed by atoms with Crippen LogP contribution in [0.1, 0.15) is 27.2 Å². The van der Waals surface area contributed by atoms with E-state index in [9.17, 15) is 0 Å². The maximum absolute atomic E-state index is 4.04. The fraction of sp³-hybridized carbons (Fsp3) is 0.636. The van der Waals surface area contributed by atoms with E-state index in [1.54, 1.807) is 0 Å². The van der Waals surface area contributed by atoms with Crippen molar-refractivity contribution >= 4 is 0 Å². The smallest absolute Gasteiger partial charge is 0.0226 e. The maximum Gasteiger partial charge on any atom is 0.0226 e. The van der Waals surface area contributed by atoms with Crippen LogP contribution < -0.4 is 0 Å². The Bertz CT molecular complexity index is 158. The zero-order valence-corrected chi connectivity index (χ0v) is 8.80. The number of allylic oxidation sites excluding steroid dienone is 2. The molecule has 0 N–H and O–H groups in total. The molecule has 0 spiro atoms. The predicted octanol–water partition coefficient (Wildman–Crippen LogP) is 3.05. The van der Waals surface area contributed by atoms with Gasteiger partial charge in [0.15, 0.2) is 0 Å². The highest BCUT2D eigenvalue weighted by Crippen LogP contribution is 2.14. The van der Waals surface area contributed by atoms with Gasteiger partial charge in [0.05, 0.1) is 0 Å². The molecule has 0 aliphatic carbocycles. The van der Waals surface area contributed by atoms with Crippen molar-refractivity contribution < 1.29 is 0 Å². The maximum atomic E-state index is 4.04. The van der Waals surface area contributed by atoms with Crippen LogP contribution in [0.2, 0.25) is 0 Å². The van der Waals surface area contributed by atoms with Gasteiger partial charge in [-0.3, -0.25) is 0 Å². The Balaban J connectivity index is 3.95. The Kier molecular flexibility index (Phi) is 4.72. The van der Waals surface area contributed by atoms with Gasteiger partial charge in [0, 0.05) is 18.8 Å². The van der Waals surface area contributed by atoms with Gasteiger partial charge in [0.1, 0.15) is 0 Å². The van der Waals surface area contributed by atoms with Crippen LogP contribution in [0.5, 0.6) is 0 Å². The van der Waals surface area contributed by atoms with Crippen LogP contribution in [-0.4, -0.2) is 18.0 Å². The zero-order chi connectivity index (χ0) is 9.72. The first-order chi connectivity index (χ1) is 5.49. The Labute approximate surface area is 76.8 Å². The molecule has 0 radical (unpaired) electrons. The van der Waals surface area contributed by atoms with Crippen molar-refractivity contribution in [3.63, 3.8) is 0 Å². The van der Waals surface area contributed by atoms with Crippen LogP contribution in [0.3, 0.4) is 0 Å². The highest BCUT2D eigenvalue weighted by atomic mass is 15.1. The van der Waals surface area contributed by atoms with E-state index in [2.05, 4.69) is 45.9 Å². The van der Waals surface area contributed by atoms with E-state index in [4.69, 9.17) is 0 Å². The van der Waals surface area contributed by atoms with Crippen LogP contribution in [0.25, 0.3) is 0 Å². The molecule has 0 rings (SSSR count). The first-order valence-corrected chi connectivity index (χ1v) is 4.52. The summed E-state index contributed by atoms with van der Waals surface area (Å²) in [7, 11) is 2.09. The minimum Gasteiger partial charge on any atom is -0.376 e. The molecule has 0 aromatic rings. The second-order valence-electron chi connectivity index (χ2n) is 3.69. The summed E-state index contributed by atoms with van der Waals surface area (Å²) >= 11 is 0. The molecule has 1 nitrogen and oxygen atoms in total. The van der Waals surface area contributed by atoms with Crippen molar-refractivity contribution in [3.8, 4) is 0 Å². The lowest BCUT2D eigenvalue weighted by atomic mass is 10.1. The van der Waals surface area contributed by atoms with Crippen LogP contribution >= 0.6 is 0 Å². The van der Waals surface area contributed by atoms with Crippen molar-refractivity contribution in [2.24, 2.45) is 5.92 Å². The van der Waals surface area contributed by atoms with E-state index in [0.717, 1.165) is 6.42 Å². The molecule has 0 fully saturated rings. The summed E-state index contributed by atoms with van der Waals surface area (Å²) in [6, 6.07) is 0.537. The average molecular weight is 167 g/mol. The number of nitrogens with zero attached hydrogens (tertiary/aromatic N) is 1. The fourth-order valence-corrected chi connectivity index (χ4v) is 0.964. The Hall–Kier alpha value is -0.720. The van der Waals surface area contributed by atoms with Crippen molar-refractivity contribution in [3.05, 3.63) is 24.9 Å². The van der Waals surface area contributed by atoms with E-state index in [1.165, 1.54) is 5.70 Å². The first-order valence-electron chi connectivity index (χ1n) is 4.52. The molecule has 0 saturated carbocycles. The lowest BCUT2D eigenvalue weighted by Gasteiger charge is -2.27. The molecule has 0 aromatic heterocycles. The highest BCUT2D eigenvalue weighted by Gasteiger charge is 2.07. The fourth-order valence-electron chi connectivity index (χ4n) is 0.964. The van der Waals surface area contributed by atoms with Crippen LogP contribution in [0, 0.1) is 5.92 Å². The van der Waals surface area contributed by atoms with Gasteiger partial charge in [-0.15, -0.1) is 6.58 Å². The van der Waals surface area contributed by atoms with Crippen molar-refractivity contribution in [1.29, 1.82) is 0 Å². The minimum absolute atomic E-state index is 0.527. The monoisotopic (exact) mass is 167 g/mol. The molecule has 0 aliphatic heterocycles. The molecule has 1 atom stereocenters. The molecule has 1 unspecified atom stereocenters. The normalized spacial score (nSPS) is 12.8. The van der Waals surface area contributed by atoms with E-state index in [1.807, 2.05) is 6.08 Å². The second-order valence-corrected chi connectivity index (χ2v) is 3.69.